The summed E-state index contributed by atoms with van der Waals surface area (Å²) in [5.41, 5.74) is 0.612. The molecule has 0 saturated carbocycles. The average Bonchev–Trinajstić information content (AvgIpc) is 2.26. The molecule has 0 heterocycles. The Morgan fingerprint density at radius 3 is 2.56 bits per heavy atom. The Balaban J connectivity index is 2.38. The van der Waals surface area contributed by atoms with Crippen molar-refractivity contribution in [2.24, 2.45) is 5.92 Å². The zero-order valence-electron chi connectivity index (χ0n) is 10.2. The van der Waals surface area contributed by atoms with Crippen molar-refractivity contribution in [2.45, 2.75) is 26.5 Å². The highest BCUT2D eigenvalue weighted by Crippen LogP contribution is 2.09. The number of likely N-dealkylation sites (N-methyl/N-ethyl adjacent to an activating group) is 1. The fraction of sp³-hybridized carbons (Fsp3) is 0.538. The minimum atomic E-state index is -0.201. The van der Waals surface area contributed by atoms with Gasteiger partial charge in [0.2, 0.25) is 0 Å². The van der Waals surface area contributed by atoms with E-state index in [0.29, 0.717) is 30.7 Å². The van der Waals surface area contributed by atoms with Crippen LogP contribution in [0.1, 0.15) is 19.4 Å². The number of rotatable bonds is 6. The molecule has 1 N–H and O–H groups in total. The van der Waals surface area contributed by atoms with Gasteiger partial charge in [0.05, 0.1) is 13.2 Å². The first-order chi connectivity index (χ1) is 7.65. The standard InChI is InChI=1S/C13H20FNO/c1-10(2)13(15-3)9-16-8-11-6-4-5-7-12(11)14/h4-7,10,13,15H,8-9H2,1-3H3. The molecule has 1 aromatic carbocycles. The van der Waals surface area contributed by atoms with Crippen molar-refractivity contribution >= 4 is 0 Å². The van der Waals surface area contributed by atoms with Gasteiger partial charge in [0, 0.05) is 11.6 Å². The molecule has 0 spiro atoms. The third-order valence-corrected chi connectivity index (χ3v) is 2.69. The van der Waals surface area contributed by atoms with Gasteiger partial charge in [0.25, 0.3) is 0 Å². The van der Waals surface area contributed by atoms with Crippen LogP contribution in [0.4, 0.5) is 4.39 Å². The van der Waals surface area contributed by atoms with Gasteiger partial charge in [0.1, 0.15) is 5.82 Å². The molecule has 1 unspecified atom stereocenters. The van der Waals surface area contributed by atoms with E-state index in [1.165, 1.54) is 6.07 Å². The van der Waals surface area contributed by atoms with E-state index in [1.807, 2.05) is 13.1 Å². The van der Waals surface area contributed by atoms with Gasteiger partial charge >= 0.3 is 0 Å². The van der Waals surface area contributed by atoms with Crippen molar-refractivity contribution in [3.05, 3.63) is 35.6 Å². The number of hydrogen-bond acceptors (Lipinski definition) is 2. The second kappa shape index (κ2) is 6.61. The Bertz CT molecular complexity index is 315. The molecule has 16 heavy (non-hydrogen) atoms. The lowest BCUT2D eigenvalue weighted by Gasteiger charge is -2.20. The molecule has 0 saturated heterocycles. The van der Waals surface area contributed by atoms with Crippen LogP contribution in [0.2, 0.25) is 0 Å². The van der Waals surface area contributed by atoms with Gasteiger partial charge in [-0.1, -0.05) is 32.0 Å². The van der Waals surface area contributed by atoms with Crippen LogP contribution in [0.25, 0.3) is 0 Å². The van der Waals surface area contributed by atoms with E-state index in [4.69, 9.17) is 4.74 Å². The maximum absolute atomic E-state index is 13.3. The minimum absolute atomic E-state index is 0.201. The van der Waals surface area contributed by atoms with Crippen LogP contribution in [0, 0.1) is 11.7 Å². The Labute approximate surface area is 96.8 Å². The molecule has 0 aromatic heterocycles. The summed E-state index contributed by atoms with van der Waals surface area (Å²) in [7, 11) is 1.91. The van der Waals surface area contributed by atoms with E-state index in [2.05, 4.69) is 19.2 Å². The molecule has 0 radical (unpaired) electrons. The highest BCUT2D eigenvalue weighted by Gasteiger charge is 2.11. The largest absolute Gasteiger partial charge is 0.375 e. The van der Waals surface area contributed by atoms with Gasteiger partial charge in [-0.05, 0) is 19.0 Å². The fourth-order valence-corrected chi connectivity index (χ4v) is 1.52. The SMILES string of the molecule is CNC(COCc1ccccc1F)C(C)C. The molecule has 0 aliphatic rings. The third-order valence-electron chi connectivity index (χ3n) is 2.69. The molecule has 1 aromatic rings. The second-order valence-corrected chi connectivity index (χ2v) is 4.25. The van der Waals surface area contributed by atoms with E-state index in [1.54, 1.807) is 12.1 Å². The molecule has 0 fully saturated rings. The number of halogens is 1. The maximum Gasteiger partial charge on any atom is 0.128 e. The van der Waals surface area contributed by atoms with Crippen LogP contribution in [0.15, 0.2) is 24.3 Å². The molecule has 0 aliphatic carbocycles. The van der Waals surface area contributed by atoms with Gasteiger partial charge in [0.15, 0.2) is 0 Å². The monoisotopic (exact) mass is 225 g/mol. The first-order valence-electron chi connectivity index (χ1n) is 5.63. The summed E-state index contributed by atoms with van der Waals surface area (Å²) in [6.07, 6.45) is 0. The highest BCUT2D eigenvalue weighted by molar-refractivity contribution is 5.16. The smallest absolute Gasteiger partial charge is 0.128 e. The molecular formula is C13H20FNO. The van der Waals surface area contributed by atoms with E-state index in [9.17, 15) is 4.39 Å². The molecule has 90 valence electrons. The normalized spacial score (nSPS) is 13.1. The van der Waals surface area contributed by atoms with Crippen molar-refractivity contribution < 1.29 is 9.13 Å². The highest BCUT2D eigenvalue weighted by atomic mass is 19.1. The number of ether oxygens (including phenoxy) is 1. The van der Waals surface area contributed by atoms with Crippen molar-refractivity contribution in [3.8, 4) is 0 Å². The Morgan fingerprint density at radius 1 is 1.31 bits per heavy atom. The summed E-state index contributed by atoms with van der Waals surface area (Å²) in [4.78, 5) is 0. The summed E-state index contributed by atoms with van der Waals surface area (Å²) in [5, 5.41) is 3.18. The minimum Gasteiger partial charge on any atom is -0.375 e. The number of nitrogens with one attached hydrogen (secondary N) is 1. The molecule has 0 bridgehead atoms. The Hall–Kier alpha value is -0.930. The molecule has 3 heteroatoms. The van der Waals surface area contributed by atoms with Crippen molar-refractivity contribution in [2.75, 3.05) is 13.7 Å². The van der Waals surface area contributed by atoms with Crippen LogP contribution >= 0.6 is 0 Å². The predicted molar refractivity (Wildman–Crippen MR) is 63.7 cm³/mol. The van der Waals surface area contributed by atoms with Crippen molar-refractivity contribution in [1.82, 2.24) is 5.32 Å². The molecule has 0 amide bonds. The number of hydrogen-bond donors (Lipinski definition) is 1. The molecule has 1 rings (SSSR count). The zero-order chi connectivity index (χ0) is 12.0. The van der Waals surface area contributed by atoms with Crippen LogP contribution in [0.3, 0.4) is 0 Å². The summed E-state index contributed by atoms with van der Waals surface area (Å²) in [6.45, 7) is 5.20. The van der Waals surface area contributed by atoms with Gasteiger partial charge in [-0.25, -0.2) is 4.39 Å². The summed E-state index contributed by atoms with van der Waals surface area (Å²) in [6, 6.07) is 7.02. The summed E-state index contributed by atoms with van der Waals surface area (Å²) in [5.74, 6) is 0.304. The lowest BCUT2D eigenvalue weighted by Crippen LogP contribution is -2.35. The third kappa shape index (κ3) is 3.91. The molecule has 2 nitrogen and oxygen atoms in total. The van der Waals surface area contributed by atoms with Crippen LogP contribution in [0.5, 0.6) is 0 Å². The summed E-state index contributed by atoms with van der Waals surface area (Å²) < 4.78 is 18.8. The molecule has 0 aliphatic heterocycles. The Kier molecular flexibility index (Phi) is 5.43. The van der Waals surface area contributed by atoms with Crippen molar-refractivity contribution in [1.29, 1.82) is 0 Å². The quantitative estimate of drug-likeness (QED) is 0.803. The lowest BCUT2D eigenvalue weighted by molar-refractivity contribution is 0.0868. The van der Waals surface area contributed by atoms with Crippen molar-refractivity contribution in [3.63, 3.8) is 0 Å². The fourth-order valence-electron chi connectivity index (χ4n) is 1.52. The zero-order valence-corrected chi connectivity index (χ0v) is 10.2. The average molecular weight is 225 g/mol. The van der Waals surface area contributed by atoms with Crippen LogP contribution < -0.4 is 5.32 Å². The first-order valence-corrected chi connectivity index (χ1v) is 5.63. The van der Waals surface area contributed by atoms with Gasteiger partial charge in [-0.3, -0.25) is 0 Å². The Morgan fingerprint density at radius 2 is 2.00 bits per heavy atom. The van der Waals surface area contributed by atoms with Gasteiger partial charge < -0.3 is 10.1 Å². The lowest BCUT2D eigenvalue weighted by atomic mass is 10.1. The topological polar surface area (TPSA) is 21.3 Å². The van der Waals surface area contributed by atoms with E-state index < -0.39 is 0 Å². The number of benzene rings is 1. The van der Waals surface area contributed by atoms with Gasteiger partial charge in [-0.15, -0.1) is 0 Å². The van der Waals surface area contributed by atoms with Crippen LogP contribution in [-0.2, 0) is 11.3 Å². The second-order valence-electron chi connectivity index (χ2n) is 4.25. The summed E-state index contributed by atoms with van der Waals surface area (Å²) >= 11 is 0. The molecular weight excluding hydrogens is 205 g/mol. The first kappa shape index (κ1) is 13.1. The maximum atomic E-state index is 13.3. The van der Waals surface area contributed by atoms with E-state index in [0.717, 1.165) is 0 Å². The van der Waals surface area contributed by atoms with Crippen LogP contribution in [-0.4, -0.2) is 19.7 Å². The predicted octanol–water partition coefficient (Wildman–Crippen LogP) is 2.59. The van der Waals surface area contributed by atoms with E-state index >= 15 is 0 Å². The van der Waals surface area contributed by atoms with E-state index in [-0.39, 0.29) is 5.82 Å². The molecule has 1 atom stereocenters. The van der Waals surface area contributed by atoms with Gasteiger partial charge in [-0.2, -0.15) is 0 Å².